The van der Waals surface area contributed by atoms with Crippen LogP contribution in [0.15, 0.2) is 24.3 Å². The molecule has 0 radical (unpaired) electrons. The molecule has 9 heteroatoms. The Kier molecular flexibility index (Phi) is 7.05. The maximum Gasteiger partial charge on any atom is 0.318 e. The molecular weight excluding hydrogens is 363 g/mol. The third kappa shape index (κ3) is 5.56. The van der Waals surface area contributed by atoms with E-state index in [9.17, 15) is 14.0 Å². The zero-order valence-electron chi connectivity index (χ0n) is 16.3. The summed E-state index contributed by atoms with van der Waals surface area (Å²) in [6, 6.07) is 4.99. The topological polar surface area (TPSA) is 80.0 Å². The van der Waals surface area contributed by atoms with E-state index in [1.807, 2.05) is 0 Å². The summed E-state index contributed by atoms with van der Waals surface area (Å²) < 4.78 is 12.9. The van der Waals surface area contributed by atoms with Gasteiger partial charge in [0.25, 0.3) is 5.91 Å². The Morgan fingerprint density at radius 1 is 1.11 bits per heavy atom. The molecular formula is C19H29FN6O2. The molecule has 0 bridgehead atoms. The summed E-state index contributed by atoms with van der Waals surface area (Å²) in [6.45, 7) is 6.06. The lowest BCUT2D eigenvalue weighted by molar-refractivity contribution is -0.124. The SMILES string of the molecule is CN1CCN(CCNC(=O)N2CCCC2C(=O)NNc2ccc(F)cc2)CC1. The van der Waals surface area contributed by atoms with E-state index in [0.717, 1.165) is 39.1 Å². The second kappa shape index (κ2) is 9.70. The van der Waals surface area contributed by atoms with Gasteiger partial charge in [0.2, 0.25) is 0 Å². The Hall–Kier alpha value is -2.39. The van der Waals surface area contributed by atoms with Crippen LogP contribution in [0.4, 0.5) is 14.9 Å². The number of nitrogens with one attached hydrogen (secondary N) is 3. The first-order valence-corrected chi connectivity index (χ1v) is 9.80. The maximum absolute atomic E-state index is 12.9. The predicted molar refractivity (Wildman–Crippen MR) is 105 cm³/mol. The molecule has 1 atom stereocenters. The molecule has 0 aliphatic carbocycles. The van der Waals surface area contributed by atoms with Crippen molar-refractivity contribution in [1.29, 1.82) is 0 Å². The van der Waals surface area contributed by atoms with Gasteiger partial charge in [-0.05, 0) is 44.2 Å². The maximum atomic E-state index is 12.9. The summed E-state index contributed by atoms with van der Waals surface area (Å²) in [5, 5.41) is 2.94. The van der Waals surface area contributed by atoms with Crippen LogP contribution in [0.5, 0.6) is 0 Å². The Balaban J connectivity index is 1.41. The van der Waals surface area contributed by atoms with E-state index >= 15 is 0 Å². The van der Waals surface area contributed by atoms with Crippen molar-refractivity contribution in [3.05, 3.63) is 30.1 Å². The van der Waals surface area contributed by atoms with E-state index in [2.05, 4.69) is 33.0 Å². The average molecular weight is 392 g/mol. The summed E-state index contributed by atoms with van der Waals surface area (Å²) in [6.07, 6.45) is 1.42. The van der Waals surface area contributed by atoms with E-state index in [4.69, 9.17) is 0 Å². The molecule has 2 heterocycles. The standard InChI is InChI=1S/C19H29FN6O2/c1-24-11-13-25(14-12-24)10-8-21-19(28)26-9-2-3-17(26)18(27)23-22-16-6-4-15(20)5-7-16/h4-7,17,22H,2-3,8-14H2,1H3,(H,21,28)(H,23,27). The Bertz CT molecular complexity index is 663. The summed E-state index contributed by atoms with van der Waals surface area (Å²) in [4.78, 5) is 31.2. The lowest BCUT2D eigenvalue weighted by atomic mass is 10.2. The van der Waals surface area contributed by atoms with Gasteiger partial charge in [-0.15, -0.1) is 0 Å². The lowest BCUT2D eigenvalue weighted by Crippen LogP contribution is -2.52. The van der Waals surface area contributed by atoms with Crippen molar-refractivity contribution in [3.63, 3.8) is 0 Å². The molecule has 154 valence electrons. The average Bonchev–Trinajstić information content (AvgIpc) is 3.19. The third-order valence-corrected chi connectivity index (χ3v) is 5.29. The van der Waals surface area contributed by atoms with Crippen molar-refractivity contribution in [1.82, 2.24) is 25.4 Å². The normalized spacial score (nSPS) is 20.8. The van der Waals surface area contributed by atoms with Crippen LogP contribution in [0.1, 0.15) is 12.8 Å². The Morgan fingerprint density at radius 3 is 2.54 bits per heavy atom. The highest BCUT2D eigenvalue weighted by Gasteiger charge is 2.34. The second-order valence-electron chi connectivity index (χ2n) is 7.35. The monoisotopic (exact) mass is 392 g/mol. The van der Waals surface area contributed by atoms with E-state index in [1.54, 1.807) is 4.90 Å². The lowest BCUT2D eigenvalue weighted by Gasteiger charge is -2.32. The first-order valence-electron chi connectivity index (χ1n) is 9.80. The van der Waals surface area contributed by atoms with Crippen LogP contribution < -0.4 is 16.2 Å². The molecule has 2 aliphatic heterocycles. The summed E-state index contributed by atoms with van der Waals surface area (Å²) >= 11 is 0. The number of amides is 3. The number of urea groups is 1. The zero-order valence-corrected chi connectivity index (χ0v) is 16.3. The first kappa shape index (κ1) is 20.3. The molecule has 3 N–H and O–H groups in total. The van der Waals surface area contributed by atoms with Crippen molar-refractivity contribution >= 4 is 17.6 Å². The Labute approximate surface area is 165 Å². The van der Waals surface area contributed by atoms with Crippen LogP contribution in [0, 0.1) is 5.82 Å². The van der Waals surface area contributed by atoms with Crippen LogP contribution in [-0.4, -0.2) is 85.5 Å². The van der Waals surface area contributed by atoms with E-state index in [-0.39, 0.29) is 17.8 Å². The van der Waals surface area contributed by atoms with E-state index in [0.29, 0.717) is 25.2 Å². The molecule has 8 nitrogen and oxygen atoms in total. The molecule has 3 amide bonds. The van der Waals surface area contributed by atoms with Gasteiger partial charge in [0.05, 0.1) is 5.69 Å². The third-order valence-electron chi connectivity index (χ3n) is 5.29. The molecule has 1 aromatic carbocycles. The highest BCUT2D eigenvalue weighted by atomic mass is 19.1. The van der Waals surface area contributed by atoms with Crippen LogP contribution in [0.2, 0.25) is 0 Å². The molecule has 2 saturated heterocycles. The molecule has 1 unspecified atom stereocenters. The van der Waals surface area contributed by atoms with Gasteiger partial charge in [-0.3, -0.25) is 20.5 Å². The number of benzene rings is 1. The van der Waals surface area contributed by atoms with E-state index in [1.165, 1.54) is 24.3 Å². The van der Waals surface area contributed by atoms with Gasteiger partial charge < -0.3 is 15.1 Å². The molecule has 0 saturated carbocycles. The van der Waals surface area contributed by atoms with Crippen molar-refractivity contribution in [3.8, 4) is 0 Å². The number of carbonyl (C=O) groups is 2. The van der Waals surface area contributed by atoms with Crippen molar-refractivity contribution in [2.45, 2.75) is 18.9 Å². The second-order valence-corrected chi connectivity index (χ2v) is 7.35. The molecule has 2 aliphatic rings. The van der Waals surface area contributed by atoms with E-state index < -0.39 is 6.04 Å². The van der Waals surface area contributed by atoms with Crippen LogP contribution in [0.25, 0.3) is 0 Å². The fourth-order valence-electron chi connectivity index (χ4n) is 3.53. The van der Waals surface area contributed by atoms with Crippen molar-refractivity contribution in [2.75, 3.05) is 58.3 Å². The smallest absolute Gasteiger partial charge is 0.318 e. The quantitative estimate of drug-likeness (QED) is 0.621. The number of anilines is 1. The summed E-state index contributed by atoms with van der Waals surface area (Å²) in [7, 11) is 2.11. The van der Waals surface area contributed by atoms with Crippen molar-refractivity contribution in [2.24, 2.45) is 0 Å². The van der Waals surface area contributed by atoms with Crippen LogP contribution >= 0.6 is 0 Å². The fraction of sp³-hybridized carbons (Fsp3) is 0.579. The molecule has 0 aromatic heterocycles. The van der Waals surface area contributed by atoms with Gasteiger partial charge in [0.15, 0.2) is 0 Å². The highest BCUT2D eigenvalue weighted by molar-refractivity contribution is 5.88. The first-order chi connectivity index (χ1) is 13.5. The van der Waals surface area contributed by atoms with Crippen LogP contribution in [0.3, 0.4) is 0 Å². The minimum atomic E-state index is -0.503. The number of hydrogen-bond acceptors (Lipinski definition) is 5. The number of halogens is 1. The molecule has 3 rings (SSSR count). The number of piperazine rings is 1. The molecule has 2 fully saturated rings. The number of hydrazine groups is 1. The summed E-state index contributed by atoms with van der Waals surface area (Å²) in [5.74, 6) is -0.608. The summed E-state index contributed by atoms with van der Waals surface area (Å²) in [5.41, 5.74) is 5.95. The van der Waals surface area contributed by atoms with Gasteiger partial charge in [0, 0.05) is 45.8 Å². The van der Waals surface area contributed by atoms with Gasteiger partial charge in [-0.25, -0.2) is 9.18 Å². The molecule has 0 spiro atoms. The van der Waals surface area contributed by atoms with Crippen LogP contribution in [-0.2, 0) is 4.79 Å². The predicted octanol–water partition coefficient (Wildman–Crippen LogP) is 0.690. The fourth-order valence-corrected chi connectivity index (χ4v) is 3.53. The van der Waals surface area contributed by atoms with Gasteiger partial charge in [-0.2, -0.15) is 0 Å². The number of likely N-dealkylation sites (tertiary alicyclic amines) is 1. The van der Waals surface area contributed by atoms with Gasteiger partial charge in [-0.1, -0.05) is 0 Å². The number of hydrogen-bond donors (Lipinski definition) is 3. The largest absolute Gasteiger partial charge is 0.337 e. The van der Waals surface area contributed by atoms with Gasteiger partial charge in [0.1, 0.15) is 11.9 Å². The number of nitrogens with zero attached hydrogens (tertiary/aromatic N) is 3. The molecule has 1 aromatic rings. The molecule has 28 heavy (non-hydrogen) atoms. The highest BCUT2D eigenvalue weighted by Crippen LogP contribution is 2.17. The number of likely N-dealkylation sites (N-methyl/N-ethyl adjacent to an activating group) is 1. The zero-order chi connectivity index (χ0) is 19.9. The number of carbonyl (C=O) groups excluding carboxylic acids is 2. The van der Waals surface area contributed by atoms with Gasteiger partial charge >= 0.3 is 6.03 Å². The Morgan fingerprint density at radius 2 is 1.82 bits per heavy atom. The van der Waals surface area contributed by atoms with Crippen molar-refractivity contribution < 1.29 is 14.0 Å². The minimum absolute atomic E-state index is 0.200. The number of rotatable bonds is 6. The minimum Gasteiger partial charge on any atom is -0.337 e.